The van der Waals surface area contributed by atoms with Gasteiger partial charge in [-0.3, -0.25) is 4.79 Å². The molecule has 1 fully saturated rings. The highest BCUT2D eigenvalue weighted by atomic mass is 19.1. The van der Waals surface area contributed by atoms with Crippen LogP contribution in [0.4, 0.5) is 10.3 Å². The minimum atomic E-state index is -0.276. The summed E-state index contributed by atoms with van der Waals surface area (Å²) in [5, 5.41) is 3.01. The Hall–Kier alpha value is -2.50. The lowest BCUT2D eigenvalue weighted by atomic mass is 10.1. The van der Waals surface area contributed by atoms with Gasteiger partial charge in [-0.15, -0.1) is 0 Å². The van der Waals surface area contributed by atoms with E-state index in [-0.39, 0.29) is 18.3 Å². The predicted octanol–water partition coefficient (Wildman–Crippen LogP) is 3.16. The molecule has 1 N–H and O–H groups in total. The van der Waals surface area contributed by atoms with Crippen molar-refractivity contribution in [2.75, 3.05) is 18.4 Å². The highest BCUT2D eigenvalue weighted by Gasteiger charge is 2.20. The van der Waals surface area contributed by atoms with E-state index in [1.54, 1.807) is 24.3 Å². The van der Waals surface area contributed by atoms with Crippen LogP contribution in [0.5, 0.6) is 0 Å². The fourth-order valence-corrected chi connectivity index (χ4v) is 2.83. The molecule has 0 saturated carbocycles. The number of carbonyl (C=O) groups is 1. The molecule has 1 saturated heterocycles. The molecule has 24 heavy (non-hydrogen) atoms. The van der Waals surface area contributed by atoms with Crippen molar-refractivity contribution >= 4 is 11.9 Å². The first-order chi connectivity index (χ1) is 11.6. The molecular weight excluding hydrogens is 307 g/mol. The number of halogens is 1. The van der Waals surface area contributed by atoms with Crippen molar-refractivity contribution in [2.45, 2.75) is 32.7 Å². The molecule has 1 aliphatic heterocycles. The molecule has 0 spiro atoms. The number of hydrogen-bond acceptors (Lipinski definition) is 4. The lowest BCUT2D eigenvalue weighted by molar-refractivity contribution is 0.0718. The zero-order valence-electron chi connectivity index (χ0n) is 13.8. The molecule has 0 atom stereocenters. The summed E-state index contributed by atoms with van der Waals surface area (Å²) in [6.45, 7) is 3.65. The number of aryl methyl sites for hydroxylation is 1. The molecule has 5 nitrogen and oxygen atoms in total. The maximum atomic E-state index is 13.7. The van der Waals surface area contributed by atoms with Gasteiger partial charge in [0.2, 0.25) is 5.95 Å². The van der Waals surface area contributed by atoms with Crippen LogP contribution >= 0.6 is 0 Å². The number of nitrogens with zero attached hydrogens (tertiary/aromatic N) is 3. The van der Waals surface area contributed by atoms with Gasteiger partial charge >= 0.3 is 0 Å². The molecule has 126 valence electrons. The first-order valence-corrected chi connectivity index (χ1v) is 8.26. The highest BCUT2D eigenvalue weighted by molar-refractivity contribution is 5.92. The van der Waals surface area contributed by atoms with Crippen molar-refractivity contribution in [2.24, 2.45) is 0 Å². The molecule has 1 aromatic carbocycles. The van der Waals surface area contributed by atoms with Gasteiger partial charge in [-0.2, -0.15) is 0 Å². The molecule has 1 aliphatic rings. The second kappa shape index (κ2) is 7.38. The fraction of sp³-hybridized carbons (Fsp3) is 0.389. The third-order valence-electron chi connectivity index (χ3n) is 4.11. The van der Waals surface area contributed by atoms with E-state index in [4.69, 9.17) is 0 Å². The van der Waals surface area contributed by atoms with Gasteiger partial charge in [-0.05, 0) is 38.3 Å². The normalized spacial score (nSPS) is 14.5. The molecule has 0 radical (unpaired) electrons. The summed E-state index contributed by atoms with van der Waals surface area (Å²) in [6, 6.07) is 8.25. The van der Waals surface area contributed by atoms with Crippen LogP contribution in [0.2, 0.25) is 0 Å². The van der Waals surface area contributed by atoms with Crippen LogP contribution in [0.15, 0.2) is 30.3 Å². The number of piperidine rings is 1. The first kappa shape index (κ1) is 16.4. The fourth-order valence-electron chi connectivity index (χ4n) is 2.83. The number of aromatic nitrogens is 2. The van der Waals surface area contributed by atoms with Gasteiger partial charge in [0.25, 0.3) is 5.91 Å². The third kappa shape index (κ3) is 3.88. The van der Waals surface area contributed by atoms with Crippen LogP contribution in [0.25, 0.3) is 0 Å². The molecule has 3 rings (SSSR count). The maximum absolute atomic E-state index is 13.7. The number of nitrogens with one attached hydrogen (secondary N) is 1. The van der Waals surface area contributed by atoms with E-state index >= 15 is 0 Å². The van der Waals surface area contributed by atoms with Crippen LogP contribution in [0.3, 0.4) is 0 Å². The van der Waals surface area contributed by atoms with Crippen molar-refractivity contribution in [3.05, 3.63) is 53.1 Å². The number of anilines is 1. The summed E-state index contributed by atoms with van der Waals surface area (Å²) in [5.74, 6) is 0.00928. The second-order valence-electron chi connectivity index (χ2n) is 6.02. The zero-order chi connectivity index (χ0) is 16.9. The van der Waals surface area contributed by atoms with Gasteiger partial charge in [-0.25, -0.2) is 14.4 Å². The summed E-state index contributed by atoms with van der Waals surface area (Å²) in [7, 11) is 0. The van der Waals surface area contributed by atoms with Gasteiger partial charge in [0.05, 0.1) is 0 Å². The highest BCUT2D eigenvalue weighted by Crippen LogP contribution is 2.14. The summed E-state index contributed by atoms with van der Waals surface area (Å²) in [4.78, 5) is 23.0. The second-order valence-corrected chi connectivity index (χ2v) is 6.02. The van der Waals surface area contributed by atoms with Gasteiger partial charge < -0.3 is 10.2 Å². The molecule has 0 bridgehead atoms. The molecule has 1 amide bonds. The number of hydrogen-bond donors (Lipinski definition) is 1. The first-order valence-electron chi connectivity index (χ1n) is 8.26. The van der Waals surface area contributed by atoms with Gasteiger partial charge in [0, 0.05) is 30.9 Å². The van der Waals surface area contributed by atoms with Crippen LogP contribution in [-0.4, -0.2) is 33.9 Å². The molecule has 0 aliphatic carbocycles. The van der Waals surface area contributed by atoms with Crippen molar-refractivity contribution in [3.8, 4) is 0 Å². The Morgan fingerprint density at radius 1 is 1.21 bits per heavy atom. The quantitative estimate of drug-likeness (QED) is 0.936. The molecule has 6 heteroatoms. The van der Waals surface area contributed by atoms with Crippen molar-refractivity contribution in [1.82, 2.24) is 14.9 Å². The SMILES string of the molecule is Cc1cc(C(=O)N2CCCCC2)nc(NCc2ccccc2F)n1. The van der Waals surface area contributed by atoms with Crippen molar-refractivity contribution < 1.29 is 9.18 Å². The Bertz CT molecular complexity index is 729. The Morgan fingerprint density at radius 2 is 1.96 bits per heavy atom. The summed E-state index contributed by atoms with van der Waals surface area (Å²) < 4.78 is 13.7. The smallest absolute Gasteiger partial charge is 0.272 e. The third-order valence-corrected chi connectivity index (χ3v) is 4.11. The monoisotopic (exact) mass is 328 g/mol. The predicted molar refractivity (Wildman–Crippen MR) is 90.3 cm³/mol. The van der Waals surface area contributed by atoms with Gasteiger partial charge in [0.1, 0.15) is 11.5 Å². The number of amides is 1. The van der Waals surface area contributed by atoms with Crippen LogP contribution in [0, 0.1) is 12.7 Å². The van der Waals surface area contributed by atoms with Gasteiger partial charge in [0.15, 0.2) is 0 Å². The van der Waals surface area contributed by atoms with E-state index in [9.17, 15) is 9.18 Å². The maximum Gasteiger partial charge on any atom is 0.272 e. The standard InChI is InChI=1S/C18H21FN4O/c1-13-11-16(17(24)23-9-5-2-6-10-23)22-18(21-13)20-12-14-7-3-4-8-15(14)19/h3-4,7-8,11H,2,5-6,9-10,12H2,1H3,(H,20,21,22). The Morgan fingerprint density at radius 3 is 2.71 bits per heavy atom. The average molecular weight is 328 g/mol. The minimum Gasteiger partial charge on any atom is -0.350 e. The van der Waals surface area contributed by atoms with Gasteiger partial charge in [-0.1, -0.05) is 18.2 Å². The van der Waals surface area contributed by atoms with E-state index in [2.05, 4.69) is 15.3 Å². The van der Waals surface area contributed by atoms with E-state index in [1.165, 1.54) is 12.5 Å². The minimum absolute atomic E-state index is 0.0610. The van der Waals surface area contributed by atoms with Crippen LogP contribution < -0.4 is 5.32 Å². The molecule has 2 aromatic rings. The molecule has 0 unspecified atom stereocenters. The summed E-state index contributed by atoms with van der Waals surface area (Å²) in [6.07, 6.45) is 3.24. The van der Waals surface area contributed by atoms with E-state index in [1.807, 2.05) is 11.8 Å². The number of benzene rings is 1. The largest absolute Gasteiger partial charge is 0.350 e. The summed E-state index contributed by atoms with van der Waals surface area (Å²) >= 11 is 0. The summed E-state index contributed by atoms with van der Waals surface area (Å²) in [5.41, 5.74) is 1.63. The Labute approximate surface area is 140 Å². The van der Waals surface area contributed by atoms with Crippen molar-refractivity contribution in [1.29, 1.82) is 0 Å². The number of carbonyl (C=O) groups excluding carboxylic acids is 1. The zero-order valence-corrected chi connectivity index (χ0v) is 13.8. The molecular formula is C18H21FN4O. The topological polar surface area (TPSA) is 58.1 Å². The molecule has 1 aromatic heterocycles. The Balaban J connectivity index is 1.73. The van der Waals surface area contributed by atoms with E-state index in [0.29, 0.717) is 22.9 Å². The van der Waals surface area contributed by atoms with Crippen LogP contribution in [0.1, 0.15) is 41.0 Å². The Kier molecular flexibility index (Phi) is 5.03. The number of rotatable bonds is 4. The number of likely N-dealkylation sites (tertiary alicyclic amines) is 1. The lowest BCUT2D eigenvalue weighted by Crippen LogP contribution is -2.36. The van der Waals surface area contributed by atoms with Crippen molar-refractivity contribution in [3.63, 3.8) is 0 Å². The van der Waals surface area contributed by atoms with E-state index < -0.39 is 0 Å². The van der Waals surface area contributed by atoms with E-state index in [0.717, 1.165) is 25.9 Å². The lowest BCUT2D eigenvalue weighted by Gasteiger charge is -2.26. The molecule has 2 heterocycles. The average Bonchev–Trinajstić information content (AvgIpc) is 2.61. The van der Waals surface area contributed by atoms with Crippen LogP contribution in [-0.2, 0) is 6.54 Å².